The van der Waals surface area contributed by atoms with E-state index in [1.807, 2.05) is 41.1 Å². The van der Waals surface area contributed by atoms with Gasteiger partial charge in [-0.05, 0) is 24.0 Å². The number of piperidine rings is 1. The number of carbonyl (C=O) groups excluding carboxylic acids is 1. The van der Waals surface area contributed by atoms with Gasteiger partial charge in [-0.25, -0.2) is 4.68 Å². The van der Waals surface area contributed by atoms with Gasteiger partial charge in [0.1, 0.15) is 5.82 Å². The van der Waals surface area contributed by atoms with Crippen molar-refractivity contribution in [2.45, 2.75) is 31.5 Å². The maximum Gasteiger partial charge on any atom is 0.259 e. The second-order valence-electron chi connectivity index (χ2n) is 7.67. The average molecular weight is 405 g/mol. The van der Waals surface area contributed by atoms with E-state index in [1.165, 1.54) is 5.56 Å². The molecule has 1 atom stereocenters. The van der Waals surface area contributed by atoms with Gasteiger partial charge in [-0.1, -0.05) is 60.7 Å². The van der Waals surface area contributed by atoms with E-state index >= 15 is 0 Å². The first-order valence-electron chi connectivity index (χ1n) is 10.4. The van der Waals surface area contributed by atoms with Gasteiger partial charge in [0.05, 0.1) is 12.2 Å². The Morgan fingerprint density at radius 1 is 1.07 bits per heavy atom. The van der Waals surface area contributed by atoms with Crippen LogP contribution in [0.1, 0.15) is 36.1 Å². The zero-order chi connectivity index (χ0) is 20.8. The molecule has 0 radical (unpaired) electrons. The number of anilines is 1. The summed E-state index contributed by atoms with van der Waals surface area (Å²) in [6, 6.07) is 22.2. The molecule has 30 heavy (non-hydrogen) atoms. The summed E-state index contributed by atoms with van der Waals surface area (Å²) >= 11 is 0. The number of benzene rings is 2. The molecule has 1 aliphatic heterocycles. The van der Waals surface area contributed by atoms with E-state index in [0.717, 1.165) is 43.9 Å². The molecule has 2 heterocycles. The molecule has 6 heteroatoms. The Morgan fingerprint density at radius 2 is 1.73 bits per heavy atom. The van der Waals surface area contributed by atoms with Crippen LogP contribution < -0.4 is 5.32 Å². The van der Waals surface area contributed by atoms with Crippen molar-refractivity contribution >= 4 is 11.7 Å². The lowest BCUT2D eigenvalue weighted by molar-refractivity contribution is -0.126. The van der Waals surface area contributed by atoms with Crippen LogP contribution in [0.2, 0.25) is 0 Å². The molecule has 1 N–H and O–H groups in total. The number of ether oxygens (including phenoxy) is 1. The molecule has 1 aromatic heterocycles. The van der Waals surface area contributed by atoms with Crippen molar-refractivity contribution in [3.05, 3.63) is 84.1 Å². The molecule has 0 unspecified atom stereocenters. The Morgan fingerprint density at radius 3 is 2.40 bits per heavy atom. The smallest absolute Gasteiger partial charge is 0.259 e. The minimum Gasteiger partial charge on any atom is -0.367 e. The molecule has 2 aromatic carbocycles. The third-order valence-electron chi connectivity index (χ3n) is 5.65. The molecule has 1 saturated heterocycles. The third-order valence-corrected chi connectivity index (χ3v) is 5.65. The van der Waals surface area contributed by atoms with Crippen molar-refractivity contribution in [3.8, 4) is 0 Å². The van der Waals surface area contributed by atoms with Gasteiger partial charge in [0.15, 0.2) is 6.10 Å². The van der Waals surface area contributed by atoms with E-state index in [2.05, 4.69) is 45.6 Å². The van der Waals surface area contributed by atoms with Crippen LogP contribution in [-0.2, 0) is 16.1 Å². The Labute approximate surface area is 177 Å². The largest absolute Gasteiger partial charge is 0.367 e. The fraction of sp³-hybridized carbons (Fsp3) is 0.333. The predicted octanol–water partition coefficient (Wildman–Crippen LogP) is 4.05. The van der Waals surface area contributed by atoms with Crippen molar-refractivity contribution < 1.29 is 9.53 Å². The quantitative estimate of drug-likeness (QED) is 0.646. The lowest BCUT2D eigenvalue weighted by Crippen LogP contribution is -2.35. The van der Waals surface area contributed by atoms with E-state index in [9.17, 15) is 4.79 Å². The number of aromatic nitrogens is 2. The molecule has 4 rings (SSSR count). The highest BCUT2D eigenvalue weighted by Crippen LogP contribution is 2.27. The first-order valence-corrected chi connectivity index (χ1v) is 10.4. The zero-order valence-electron chi connectivity index (χ0n) is 17.3. The Hall–Kier alpha value is -2.96. The van der Waals surface area contributed by atoms with Gasteiger partial charge in [0.25, 0.3) is 5.91 Å². The first-order chi connectivity index (χ1) is 14.7. The highest BCUT2D eigenvalue weighted by atomic mass is 16.5. The minimum absolute atomic E-state index is 0.188. The van der Waals surface area contributed by atoms with Crippen molar-refractivity contribution in [2.24, 2.45) is 0 Å². The highest BCUT2D eigenvalue weighted by Gasteiger charge is 2.25. The van der Waals surface area contributed by atoms with Crippen LogP contribution in [0.5, 0.6) is 0 Å². The van der Waals surface area contributed by atoms with Crippen molar-refractivity contribution in [1.82, 2.24) is 14.7 Å². The average Bonchev–Trinajstić information content (AvgIpc) is 3.24. The third kappa shape index (κ3) is 4.78. The summed E-state index contributed by atoms with van der Waals surface area (Å²) in [5.41, 5.74) is 2.17. The number of rotatable bonds is 7. The SMILES string of the molecule is CO[C@H](C(=O)Nc1ccnn1C1CCN(Cc2ccccc2)CC1)c1ccccc1. The number of nitrogens with one attached hydrogen (secondary N) is 1. The maximum atomic E-state index is 12.8. The molecule has 0 spiro atoms. The van der Waals surface area contributed by atoms with Crippen molar-refractivity contribution in [2.75, 3.05) is 25.5 Å². The van der Waals surface area contributed by atoms with Crippen LogP contribution >= 0.6 is 0 Å². The molecule has 156 valence electrons. The summed E-state index contributed by atoms with van der Waals surface area (Å²) in [6.45, 7) is 3.00. The lowest BCUT2D eigenvalue weighted by Gasteiger charge is -2.32. The molecule has 6 nitrogen and oxygen atoms in total. The van der Waals surface area contributed by atoms with Crippen LogP contribution in [0.3, 0.4) is 0 Å². The standard InChI is InChI=1S/C24H28N4O2/c1-30-23(20-10-6-3-7-11-20)24(29)26-22-12-15-25-28(22)21-13-16-27(17-14-21)18-19-8-4-2-5-9-19/h2-12,15,21,23H,13-14,16-18H2,1H3,(H,26,29)/t23-/m0/s1. The van der Waals surface area contributed by atoms with E-state index in [0.29, 0.717) is 0 Å². The van der Waals surface area contributed by atoms with Gasteiger partial charge < -0.3 is 10.1 Å². The van der Waals surface area contributed by atoms with Crippen LogP contribution in [0, 0.1) is 0 Å². The molecule has 0 aliphatic carbocycles. The second kappa shape index (κ2) is 9.69. The molecule has 1 aliphatic rings. The molecular formula is C24H28N4O2. The molecular weight excluding hydrogens is 376 g/mol. The lowest BCUT2D eigenvalue weighted by atomic mass is 10.0. The number of likely N-dealkylation sites (tertiary alicyclic amines) is 1. The zero-order valence-corrected chi connectivity index (χ0v) is 17.3. The number of carbonyl (C=O) groups is 1. The fourth-order valence-corrected chi connectivity index (χ4v) is 4.08. The van der Waals surface area contributed by atoms with E-state index in [-0.39, 0.29) is 11.9 Å². The van der Waals surface area contributed by atoms with Crippen LogP contribution in [0.15, 0.2) is 72.9 Å². The van der Waals surface area contributed by atoms with E-state index in [4.69, 9.17) is 4.74 Å². The number of methoxy groups -OCH3 is 1. The highest BCUT2D eigenvalue weighted by molar-refractivity contribution is 5.94. The molecule has 1 amide bonds. The topological polar surface area (TPSA) is 59.4 Å². The van der Waals surface area contributed by atoms with Gasteiger partial charge in [-0.2, -0.15) is 5.10 Å². The fourth-order valence-electron chi connectivity index (χ4n) is 4.08. The number of amides is 1. The monoisotopic (exact) mass is 404 g/mol. The van der Waals surface area contributed by atoms with E-state index < -0.39 is 6.10 Å². The van der Waals surface area contributed by atoms with Gasteiger partial charge in [0, 0.05) is 32.8 Å². The molecule has 0 bridgehead atoms. The van der Waals surface area contributed by atoms with Gasteiger partial charge in [-0.15, -0.1) is 0 Å². The maximum absolute atomic E-state index is 12.8. The number of nitrogens with zero attached hydrogens (tertiary/aromatic N) is 3. The van der Waals surface area contributed by atoms with Crippen molar-refractivity contribution in [1.29, 1.82) is 0 Å². The summed E-state index contributed by atoms with van der Waals surface area (Å²) in [5, 5.41) is 7.51. The Bertz CT molecular complexity index is 934. The summed E-state index contributed by atoms with van der Waals surface area (Å²) in [5.74, 6) is 0.534. The van der Waals surface area contributed by atoms with Crippen LogP contribution in [-0.4, -0.2) is 40.8 Å². The van der Waals surface area contributed by atoms with E-state index in [1.54, 1.807) is 13.3 Å². The summed E-state index contributed by atoms with van der Waals surface area (Å²) in [4.78, 5) is 15.3. The molecule has 1 fully saturated rings. The number of hydrogen-bond donors (Lipinski definition) is 1. The molecule has 3 aromatic rings. The molecule has 0 saturated carbocycles. The normalized spacial score (nSPS) is 16.3. The Balaban J connectivity index is 1.37. The van der Waals surface area contributed by atoms with Gasteiger partial charge >= 0.3 is 0 Å². The first kappa shape index (κ1) is 20.3. The second-order valence-corrected chi connectivity index (χ2v) is 7.67. The summed E-state index contributed by atoms with van der Waals surface area (Å²) < 4.78 is 7.41. The number of hydrogen-bond acceptors (Lipinski definition) is 4. The van der Waals surface area contributed by atoms with Crippen LogP contribution in [0.4, 0.5) is 5.82 Å². The Kier molecular flexibility index (Phi) is 6.57. The summed E-state index contributed by atoms with van der Waals surface area (Å²) in [7, 11) is 1.55. The van der Waals surface area contributed by atoms with Crippen molar-refractivity contribution in [3.63, 3.8) is 0 Å². The van der Waals surface area contributed by atoms with Crippen LogP contribution in [0.25, 0.3) is 0 Å². The van der Waals surface area contributed by atoms with Gasteiger partial charge in [0.2, 0.25) is 0 Å². The predicted molar refractivity (Wildman–Crippen MR) is 117 cm³/mol. The summed E-state index contributed by atoms with van der Waals surface area (Å²) in [6.07, 6.45) is 3.10. The minimum atomic E-state index is -0.651. The van der Waals surface area contributed by atoms with Gasteiger partial charge in [-0.3, -0.25) is 9.69 Å².